The number of hydrogen-bond acceptors (Lipinski definition) is 5. The second-order valence-corrected chi connectivity index (χ2v) is 8.28. The van der Waals surface area contributed by atoms with Gasteiger partial charge in [0.05, 0.1) is 39.9 Å². The van der Waals surface area contributed by atoms with E-state index in [1.807, 2.05) is 0 Å². The van der Waals surface area contributed by atoms with Gasteiger partial charge in [-0.2, -0.15) is 0 Å². The number of ether oxygens (including phenoxy) is 2. The molecule has 0 unspecified atom stereocenters. The second kappa shape index (κ2) is 8.29. The fraction of sp³-hybridized carbons (Fsp3) is 0.111. The van der Waals surface area contributed by atoms with Gasteiger partial charge in [0.25, 0.3) is 5.91 Å². The quantitative estimate of drug-likeness (QED) is 0.314. The van der Waals surface area contributed by atoms with Gasteiger partial charge in [0, 0.05) is 6.07 Å². The van der Waals surface area contributed by atoms with Crippen LogP contribution in [-0.2, 0) is 4.79 Å². The van der Waals surface area contributed by atoms with Crippen molar-refractivity contribution >= 4 is 80.8 Å². The lowest BCUT2D eigenvalue weighted by atomic mass is 10.1. The lowest BCUT2D eigenvalue weighted by Gasteiger charge is -2.17. The number of rotatable bonds is 4. The van der Waals surface area contributed by atoms with Crippen LogP contribution >= 0.6 is 58.8 Å². The Labute approximate surface area is 181 Å². The highest BCUT2D eigenvalue weighted by Crippen LogP contribution is 2.42. The zero-order valence-electron chi connectivity index (χ0n) is 14.1. The van der Waals surface area contributed by atoms with Crippen molar-refractivity contribution in [2.75, 3.05) is 19.1 Å². The van der Waals surface area contributed by atoms with Crippen LogP contribution in [0, 0.1) is 0 Å². The van der Waals surface area contributed by atoms with Gasteiger partial charge in [0.2, 0.25) is 0 Å². The molecule has 27 heavy (non-hydrogen) atoms. The largest absolute Gasteiger partial charge is 0.497 e. The van der Waals surface area contributed by atoms with Crippen LogP contribution in [0.3, 0.4) is 0 Å². The predicted molar refractivity (Wildman–Crippen MR) is 117 cm³/mol. The summed E-state index contributed by atoms with van der Waals surface area (Å²) in [5.41, 5.74) is 1.13. The summed E-state index contributed by atoms with van der Waals surface area (Å²) in [6, 6.07) is 8.34. The Balaban J connectivity index is 2.00. The number of carbonyl (C=O) groups is 1. The van der Waals surface area contributed by atoms with Gasteiger partial charge in [-0.05, 0) is 35.9 Å². The highest BCUT2D eigenvalue weighted by Gasteiger charge is 2.34. The molecule has 2 aromatic carbocycles. The molecule has 4 nitrogen and oxygen atoms in total. The highest BCUT2D eigenvalue weighted by atomic mass is 35.5. The number of methoxy groups -OCH3 is 2. The molecule has 0 bridgehead atoms. The minimum Gasteiger partial charge on any atom is -0.497 e. The van der Waals surface area contributed by atoms with Crippen LogP contribution in [0.1, 0.15) is 5.56 Å². The minimum absolute atomic E-state index is 0.282. The van der Waals surface area contributed by atoms with Crippen LogP contribution in [0.25, 0.3) is 6.08 Å². The molecule has 1 fully saturated rings. The molecule has 1 saturated heterocycles. The number of nitrogens with zero attached hydrogens (tertiary/aromatic N) is 1. The van der Waals surface area contributed by atoms with Crippen molar-refractivity contribution in [1.82, 2.24) is 0 Å². The molecule has 0 saturated carbocycles. The molecule has 0 atom stereocenters. The number of thioether (sulfide) groups is 1. The standard InChI is InChI=1S/C18H12Cl3NO3S2/c1-24-10-3-9(4-11(6-10)25-2)5-16-17(23)22(18(26)27-16)15-8-13(20)12(19)7-14(15)21/h3-8H,1-2H3/b16-5-. The number of benzene rings is 2. The van der Waals surface area contributed by atoms with E-state index in [1.165, 1.54) is 28.8 Å². The van der Waals surface area contributed by atoms with E-state index >= 15 is 0 Å². The van der Waals surface area contributed by atoms with E-state index in [1.54, 1.807) is 38.5 Å². The zero-order chi connectivity index (χ0) is 19.7. The second-order valence-electron chi connectivity index (χ2n) is 5.38. The smallest absolute Gasteiger partial charge is 0.270 e. The van der Waals surface area contributed by atoms with E-state index in [0.29, 0.717) is 31.4 Å². The molecule has 1 heterocycles. The predicted octanol–water partition coefficient (Wildman–Crippen LogP) is 6.07. The van der Waals surface area contributed by atoms with Gasteiger partial charge in [-0.3, -0.25) is 9.69 Å². The van der Waals surface area contributed by atoms with Crippen molar-refractivity contribution < 1.29 is 14.3 Å². The molecular weight excluding hydrogens is 449 g/mol. The van der Waals surface area contributed by atoms with Gasteiger partial charge in [-0.1, -0.05) is 58.8 Å². The third kappa shape index (κ3) is 4.20. The van der Waals surface area contributed by atoms with Crippen molar-refractivity contribution in [3.05, 3.63) is 55.9 Å². The zero-order valence-corrected chi connectivity index (χ0v) is 18.0. The van der Waals surface area contributed by atoms with E-state index < -0.39 is 0 Å². The van der Waals surface area contributed by atoms with Crippen LogP contribution in [0.4, 0.5) is 5.69 Å². The molecule has 0 spiro atoms. The van der Waals surface area contributed by atoms with Crippen LogP contribution in [-0.4, -0.2) is 24.4 Å². The molecule has 1 amide bonds. The Morgan fingerprint density at radius 3 is 2.15 bits per heavy atom. The Morgan fingerprint density at radius 1 is 0.963 bits per heavy atom. The summed E-state index contributed by atoms with van der Waals surface area (Å²) in [6.45, 7) is 0. The van der Waals surface area contributed by atoms with Gasteiger partial charge in [-0.15, -0.1) is 0 Å². The van der Waals surface area contributed by atoms with Crippen molar-refractivity contribution in [3.63, 3.8) is 0 Å². The Hall–Kier alpha value is -1.44. The fourth-order valence-electron chi connectivity index (χ4n) is 2.42. The number of carbonyl (C=O) groups excluding carboxylic acids is 1. The molecule has 0 aliphatic carbocycles. The molecule has 0 aromatic heterocycles. The van der Waals surface area contributed by atoms with Crippen molar-refractivity contribution in [3.8, 4) is 11.5 Å². The maximum Gasteiger partial charge on any atom is 0.270 e. The van der Waals surface area contributed by atoms with Crippen molar-refractivity contribution in [2.45, 2.75) is 0 Å². The van der Waals surface area contributed by atoms with Crippen LogP contribution < -0.4 is 14.4 Å². The van der Waals surface area contributed by atoms with Crippen molar-refractivity contribution in [1.29, 1.82) is 0 Å². The number of anilines is 1. The number of thiocarbonyl (C=S) groups is 1. The van der Waals surface area contributed by atoms with Crippen molar-refractivity contribution in [2.24, 2.45) is 0 Å². The maximum atomic E-state index is 12.9. The molecule has 2 aromatic rings. The summed E-state index contributed by atoms with van der Waals surface area (Å²) in [6.07, 6.45) is 1.72. The molecule has 0 radical (unpaired) electrons. The number of amides is 1. The molecular formula is C18H12Cl3NO3S2. The van der Waals surface area contributed by atoms with Crippen LogP contribution in [0.5, 0.6) is 11.5 Å². The average molecular weight is 461 g/mol. The van der Waals surface area contributed by atoms with E-state index in [4.69, 9.17) is 56.5 Å². The summed E-state index contributed by atoms with van der Waals surface area (Å²) in [7, 11) is 3.12. The van der Waals surface area contributed by atoms with Gasteiger partial charge >= 0.3 is 0 Å². The highest BCUT2D eigenvalue weighted by molar-refractivity contribution is 8.27. The summed E-state index contributed by atoms with van der Waals surface area (Å²) in [5, 5.41) is 0.867. The molecule has 1 aliphatic rings. The Kier molecular flexibility index (Phi) is 6.23. The first kappa shape index (κ1) is 20.3. The molecule has 1 aliphatic heterocycles. The number of halogens is 3. The minimum atomic E-state index is -0.299. The van der Waals surface area contributed by atoms with E-state index in [-0.39, 0.29) is 16.0 Å². The third-order valence-electron chi connectivity index (χ3n) is 3.70. The normalized spacial score (nSPS) is 15.6. The Bertz CT molecular complexity index is 956. The van der Waals surface area contributed by atoms with E-state index in [2.05, 4.69) is 0 Å². The van der Waals surface area contributed by atoms with Crippen LogP contribution in [0.15, 0.2) is 35.2 Å². The number of hydrogen-bond donors (Lipinski definition) is 0. The molecule has 140 valence electrons. The fourth-order valence-corrected chi connectivity index (χ4v) is 4.33. The monoisotopic (exact) mass is 459 g/mol. The van der Waals surface area contributed by atoms with Crippen LogP contribution in [0.2, 0.25) is 15.1 Å². The van der Waals surface area contributed by atoms with Gasteiger partial charge in [0.1, 0.15) is 11.5 Å². The summed E-state index contributed by atoms with van der Waals surface area (Å²) in [4.78, 5) is 14.7. The molecule has 9 heteroatoms. The van der Waals surface area contributed by atoms with Gasteiger partial charge in [-0.25, -0.2) is 0 Å². The first-order valence-electron chi connectivity index (χ1n) is 7.49. The molecule has 3 rings (SSSR count). The summed E-state index contributed by atoms with van der Waals surface area (Å²) < 4.78 is 10.9. The van der Waals surface area contributed by atoms with Gasteiger partial charge in [0.15, 0.2) is 4.32 Å². The molecule has 0 N–H and O–H groups in total. The lowest BCUT2D eigenvalue weighted by Crippen LogP contribution is -2.27. The third-order valence-corrected chi connectivity index (χ3v) is 6.02. The average Bonchev–Trinajstić information content (AvgIpc) is 2.91. The topological polar surface area (TPSA) is 38.8 Å². The Morgan fingerprint density at radius 2 is 1.56 bits per heavy atom. The maximum absolute atomic E-state index is 12.9. The van der Waals surface area contributed by atoms with E-state index in [0.717, 1.165) is 5.56 Å². The lowest BCUT2D eigenvalue weighted by molar-refractivity contribution is -0.113. The summed E-state index contributed by atoms with van der Waals surface area (Å²) in [5.74, 6) is 0.930. The first-order chi connectivity index (χ1) is 12.8. The SMILES string of the molecule is COc1cc(/C=C2\SC(=S)N(c3cc(Cl)c(Cl)cc3Cl)C2=O)cc(OC)c1. The summed E-state index contributed by atoms with van der Waals surface area (Å²) >= 11 is 24.8. The van der Waals surface area contributed by atoms with Gasteiger partial charge < -0.3 is 9.47 Å². The van der Waals surface area contributed by atoms with E-state index in [9.17, 15) is 4.79 Å². The first-order valence-corrected chi connectivity index (χ1v) is 9.85.